The molecule has 1 atom stereocenters. The minimum absolute atomic E-state index is 0.0626. The molecule has 1 aromatic rings. The van der Waals surface area contributed by atoms with Crippen molar-refractivity contribution >= 4 is 33.4 Å². The number of aliphatic hydroxyl groups is 1. The lowest BCUT2D eigenvalue weighted by molar-refractivity contribution is -0.141. The van der Waals surface area contributed by atoms with Crippen molar-refractivity contribution in [3.8, 4) is 5.75 Å². The van der Waals surface area contributed by atoms with Crippen LogP contribution in [0, 0.1) is 0 Å². The molecule has 0 saturated carbocycles. The van der Waals surface area contributed by atoms with Crippen molar-refractivity contribution in [3.05, 3.63) is 27.7 Å². The van der Waals surface area contributed by atoms with Crippen LogP contribution in [-0.2, 0) is 4.79 Å². The second-order valence-electron chi connectivity index (χ2n) is 5.66. The van der Waals surface area contributed by atoms with Crippen LogP contribution in [-0.4, -0.2) is 40.7 Å². The van der Waals surface area contributed by atoms with Crippen molar-refractivity contribution in [1.82, 2.24) is 4.90 Å². The molecule has 0 radical (unpaired) electrons. The first-order valence-electron chi connectivity index (χ1n) is 6.91. The molecule has 0 aromatic heterocycles. The topological polar surface area (TPSA) is 49.8 Å². The van der Waals surface area contributed by atoms with E-state index in [1.165, 1.54) is 0 Å². The average Bonchev–Trinajstić information content (AvgIpc) is 2.41. The van der Waals surface area contributed by atoms with Gasteiger partial charge in [0.2, 0.25) is 0 Å². The summed E-state index contributed by atoms with van der Waals surface area (Å²) < 4.78 is 6.43. The van der Waals surface area contributed by atoms with Crippen molar-refractivity contribution in [2.75, 3.05) is 13.1 Å². The van der Waals surface area contributed by atoms with Crippen LogP contribution in [0.1, 0.15) is 26.7 Å². The lowest BCUT2D eigenvalue weighted by atomic mass is 9.93. The molecule has 1 aliphatic rings. The summed E-state index contributed by atoms with van der Waals surface area (Å²) in [6, 6.07) is 5.18. The van der Waals surface area contributed by atoms with Crippen LogP contribution in [0.3, 0.4) is 0 Å². The Balaban J connectivity index is 1.97. The highest BCUT2D eigenvalue weighted by Crippen LogP contribution is 2.29. The van der Waals surface area contributed by atoms with Gasteiger partial charge in [0.15, 0.2) is 6.10 Å². The summed E-state index contributed by atoms with van der Waals surface area (Å²) in [5, 5.41) is 10.5. The van der Waals surface area contributed by atoms with Crippen molar-refractivity contribution in [1.29, 1.82) is 0 Å². The molecule has 6 heteroatoms. The number of carbonyl (C=O) groups is 1. The van der Waals surface area contributed by atoms with E-state index in [9.17, 15) is 9.90 Å². The van der Waals surface area contributed by atoms with Crippen molar-refractivity contribution < 1.29 is 14.6 Å². The molecule has 21 heavy (non-hydrogen) atoms. The molecule has 1 heterocycles. The first kappa shape index (κ1) is 16.6. The third-order valence-electron chi connectivity index (χ3n) is 3.70. The Kier molecular flexibility index (Phi) is 5.17. The van der Waals surface area contributed by atoms with Gasteiger partial charge < -0.3 is 14.7 Å². The number of amides is 1. The van der Waals surface area contributed by atoms with Crippen LogP contribution in [0.25, 0.3) is 0 Å². The summed E-state index contributed by atoms with van der Waals surface area (Å²) in [5.74, 6) is 0.525. The SMILES string of the molecule is CC(Oc1ccc(Cl)cc1Br)C(=O)N1CCC(C)(O)CC1. The number of carbonyl (C=O) groups excluding carboxylic acids is 1. The summed E-state index contributed by atoms with van der Waals surface area (Å²) in [6.45, 7) is 4.65. The molecule has 0 spiro atoms. The molecule has 1 aromatic carbocycles. The van der Waals surface area contributed by atoms with Gasteiger partial charge in [-0.1, -0.05) is 11.6 Å². The third kappa shape index (κ3) is 4.34. The summed E-state index contributed by atoms with van der Waals surface area (Å²) in [6.07, 6.45) is 0.608. The Labute approximate surface area is 138 Å². The molecule has 4 nitrogen and oxygen atoms in total. The van der Waals surface area contributed by atoms with Gasteiger partial charge in [0, 0.05) is 18.1 Å². The maximum atomic E-state index is 12.4. The zero-order chi connectivity index (χ0) is 15.6. The minimum atomic E-state index is -0.667. The molecule has 0 aliphatic carbocycles. The largest absolute Gasteiger partial charge is 0.480 e. The van der Waals surface area contributed by atoms with Gasteiger partial charge in [-0.25, -0.2) is 0 Å². The monoisotopic (exact) mass is 375 g/mol. The highest BCUT2D eigenvalue weighted by molar-refractivity contribution is 9.10. The molecule has 1 N–H and O–H groups in total. The summed E-state index contributed by atoms with van der Waals surface area (Å²) in [7, 11) is 0. The van der Waals surface area contributed by atoms with Gasteiger partial charge in [0.25, 0.3) is 5.91 Å². The van der Waals surface area contributed by atoms with Gasteiger partial charge in [-0.15, -0.1) is 0 Å². The highest BCUT2D eigenvalue weighted by Gasteiger charge is 2.32. The van der Waals surface area contributed by atoms with Gasteiger partial charge >= 0.3 is 0 Å². The molecule has 2 rings (SSSR count). The first-order chi connectivity index (χ1) is 9.78. The zero-order valence-electron chi connectivity index (χ0n) is 12.1. The van der Waals surface area contributed by atoms with Gasteiger partial charge in [-0.3, -0.25) is 4.79 Å². The van der Waals surface area contributed by atoms with E-state index in [1.54, 1.807) is 36.9 Å². The van der Waals surface area contributed by atoms with Gasteiger partial charge in [0.05, 0.1) is 10.1 Å². The third-order valence-corrected chi connectivity index (χ3v) is 4.55. The number of nitrogens with zero attached hydrogens (tertiary/aromatic N) is 1. The van der Waals surface area contributed by atoms with Gasteiger partial charge in [0.1, 0.15) is 5.75 Å². The Morgan fingerprint density at radius 2 is 2.10 bits per heavy atom. The van der Waals surface area contributed by atoms with Crippen LogP contribution >= 0.6 is 27.5 Å². The zero-order valence-corrected chi connectivity index (χ0v) is 14.4. The maximum absolute atomic E-state index is 12.4. The molecular formula is C15H19BrClNO3. The molecule has 1 saturated heterocycles. The van der Waals surface area contributed by atoms with Crippen molar-refractivity contribution in [2.24, 2.45) is 0 Å². The summed E-state index contributed by atoms with van der Waals surface area (Å²) >= 11 is 9.25. The predicted molar refractivity (Wildman–Crippen MR) is 85.7 cm³/mol. The average molecular weight is 377 g/mol. The van der Waals surface area contributed by atoms with Crippen LogP contribution in [0.4, 0.5) is 0 Å². The van der Waals surface area contributed by atoms with E-state index in [-0.39, 0.29) is 5.91 Å². The normalized spacial score (nSPS) is 19.2. The minimum Gasteiger partial charge on any atom is -0.480 e. The number of rotatable bonds is 3. The van der Waals surface area contributed by atoms with E-state index in [0.29, 0.717) is 36.7 Å². The molecule has 0 bridgehead atoms. The van der Waals surface area contributed by atoms with Crippen molar-refractivity contribution in [2.45, 2.75) is 38.4 Å². The molecule has 1 amide bonds. The Bertz CT molecular complexity index is 526. The molecule has 116 valence electrons. The van der Waals surface area contributed by atoms with E-state index in [1.807, 2.05) is 0 Å². The Morgan fingerprint density at radius 3 is 2.67 bits per heavy atom. The fourth-order valence-corrected chi connectivity index (χ4v) is 3.05. The van der Waals surface area contributed by atoms with Crippen LogP contribution < -0.4 is 4.74 Å². The number of halogens is 2. The summed E-state index contributed by atoms with van der Waals surface area (Å²) in [4.78, 5) is 14.1. The van der Waals surface area contributed by atoms with Crippen LogP contribution in [0.15, 0.2) is 22.7 Å². The fourth-order valence-electron chi connectivity index (χ4n) is 2.28. The van der Waals surface area contributed by atoms with Gasteiger partial charge in [-0.05, 0) is 60.8 Å². The van der Waals surface area contributed by atoms with E-state index in [4.69, 9.17) is 16.3 Å². The van der Waals surface area contributed by atoms with Crippen LogP contribution in [0.5, 0.6) is 5.75 Å². The fraction of sp³-hybridized carbons (Fsp3) is 0.533. The number of ether oxygens (including phenoxy) is 1. The standard InChI is InChI=1S/C15H19BrClNO3/c1-10(21-13-4-3-11(17)9-12(13)16)14(19)18-7-5-15(2,20)6-8-18/h3-4,9-10,20H,5-8H2,1-2H3. The number of hydrogen-bond acceptors (Lipinski definition) is 3. The Hall–Kier alpha value is -0.780. The lowest BCUT2D eigenvalue weighted by Crippen LogP contribution is -2.49. The lowest BCUT2D eigenvalue weighted by Gasteiger charge is -2.36. The maximum Gasteiger partial charge on any atom is 0.263 e. The van der Waals surface area contributed by atoms with Gasteiger partial charge in [-0.2, -0.15) is 0 Å². The number of hydrogen-bond donors (Lipinski definition) is 1. The number of likely N-dealkylation sites (tertiary alicyclic amines) is 1. The first-order valence-corrected chi connectivity index (χ1v) is 8.08. The number of benzene rings is 1. The number of piperidine rings is 1. The second-order valence-corrected chi connectivity index (χ2v) is 6.95. The molecular weight excluding hydrogens is 358 g/mol. The van der Waals surface area contributed by atoms with Crippen LogP contribution in [0.2, 0.25) is 5.02 Å². The quantitative estimate of drug-likeness (QED) is 0.881. The van der Waals surface area contributed by atoms with E-state index >= 15 is 0 Å². The molecule has 1 unspecified atom stereocenters. The van der Waals surface area contributed by atoms with Crippen molar-refractivity contribution in [3.63, 3.8) is 0 Å². The van der Waals surface area contributed by atoms with E-state index < -0.39 is 11.7 Å². The highest BCUT2D eigenvalue weighted by atomic mass is 79.9. The second kappa shape index (κ2) is 6.55. The Morgan fingerprint density at radius 1 is 1.48 bits per heavy atom. The smallest absolute Gasteiger partial charge is 0.263 e. The summed E-state index contributed by atoms with van der Waals surface area (Å²) in [5.41, 5.74) is -0.667. The molecule has 1 fully saturated rings. The van der Waals surface area contributed by atoms with E-state index in [0.717, 1.165) is 4.47 Å². The predicted octanol–water partition coefficient (Wildman–Crippen LogP) is 3.24. The van der Waals surface area contributed by atoms with E-state index in [2.05, 4.69) is 15.9 Å². The molecule has 1 aliphatic heterocycles.